The molecule has 0 heterocycles. The molecule has 164 valence electrons. The van der Waals surface area contributed by atoms with E-state index in [0.29, 0.717) is 11.1 Å². The van der Waals surface area contributed by atoms with Crippen LogP contribution in [-0.4, -0.2) is 13.0 Å². The highest BCUT2D eigenvalue weighted by Gasteiger charge is 2.32. The number of halogens is 4. The largest absolute Gasteiger partial charge is 0.493 e. The number of ether oxygens (including phenoxy) is 2. The molecule has 32 heavy (non-hydrogen) atoms. The number of rotatable bonds is 6. The van der Waals surface area contributed by atoms with Crippen molar-refractivity contribution in [3.8, 4) is 17.6 Å². The first-order valence-corrected chi connectivity index (χ1v) is 9.58. The number of nitriles is 1. The molecule has 5 nitrogen and oxygen atoms in total. The van der Waals surface area contributed by atoms with Crippen LogP contribution >= 0.6 is 11.6 Å². The summed E-state index contributed by atoms with van der Waals surface area (Å²) in [7, 11) is 1.38. The number of alkyl halides is 3. The van der Waals surface area contributed by atoms with Crippen LogP contribution < -0.4 is 14.8 Å². The summed E-state index contributed by atoms with van der Waals surface area (Å²) in [6.45, 7) is 0. The van der Waals surface area contributed by atoms with Gasteiger partial charge in [-0.2, -0.15) is 18.4 Å². The average Bonchev–Trinajstić information content (AvgIpc) is 2.78. The smallest absolute Gasteiger partial charge is 0.416 e. The lowest BCUT2D eigenvalue weighted by molar-refractivity contribution is -0.137. The van der Waals surface area contributed by atoms with Crippen molar-refractivity contribution in [2.45, 2.75) is 12.3 Å². The summed E-state index contributed by atoms with van der Waals surface area (Å²) in [5.74, 6) is -0.357. The topological polar surface area (TPSA) is 71.3 Å². The molecule has 0 radical (unpaired) electrons. The maximum Gasteiger partial charge on any atom is 0.416 e. The van der Waals surface area contributed by atoms with Crippen molar-refractivity contribution in [1.29, 1.82) is 5.26 Å². The van der Waals surface area contributed by atoms with Crippen LogP contribution in [0.25, 0.3) is 0 Å². The van der Waals surface area contributed by atoms with E-state index in [-0.39, 0.29) is 22.2 Å². The van der Waals surface area contributed by atoms with Crippen LogP contribution in [0.4, 0.5) is 18.9 Å². The quantitative estimate of drug-likeness (QED) is 0.490. The number of methoxy groups -OCH3 is 1. The van der Waals surface area contributed by atoms with Crippen molar-refractivity contribution in [2.24, 2.45) is 0 Å². The third-order valence-electron chi connectivity index (χ3n) is 4.43. The van der Waals surface area contributed by atoms with Gasteiger partial charge in [0.15, 0.2) is 11.5 Å². The standard InChI is InChI=1S/C23H16ClF3N2O3/c1-31-20-11-14(13-28)7-10-19(20)32-21(15-5-3-2-4-6-15)22(30)29-18-12-16(23(25,26)27)8-9-17(18)24/h2-12,21H,1H3,(H,29,30). The summed E-state index contributed by atoms with van der Waals surface area (Å²) >= 11 is 6.01. The Balaban J connectivity index is 1.96. The van der Waals surface area contributed by atoms with Gasteiger partial charge >= 0.3 is 6.18 Å². The van der Waals surface area contributed by atoms with Gasteiger partial charge in [0, 0.05) is 11.6 Å². The number of benzene rings is 3. The lowest BCUT2D eigenvalue weighted by Gasteiger charge is -2.21. The third-order valence-corrected chi connectivity index (χ3v) is 4.76. The molecule has 0 bridgehead atoms. The summed E-state index contributed by atoms with van der Waals surface area (Å²) in [6, 6.07) is 17.4. The van der Waals surface area contributed by atoms with Gasteiger partial charge in [-0.15, -0.1) is 0 Å². The van der Waals surface area contributed by atoms with E-state index in [9.17, 15) is 18.0 Å². The van der Waals surface area contributed by atoms with Gasteiger partial charge in [-0.05, 0) is 30.3 Å². The Bertz CT molecular complexity index is 1160. The summed E-state index contributed by atoms with van der Waals surface area (Å²) in [5.41, 5.74) is -0.392. The molecule has 0 fully saturated rings. The molecule has 0 aliphatic carbocycles. The maximum absolute atomic E-state index is 13.1. The van der Waals surface area contributed by atoms with Gasteiger partial charge in [0.05, 0.1) is 35.0 Å². The van der Waals surface area contributed by atoms with Crippen molar-refractivity contribution in [3.63, 3.8) is 0 Å². The van der Waals surface area contributed by atoms with Crippen molar-refractivity contribution >= 4 is 23.2 Å². The van der Waals surface area contributed by atoms with Gasteiger partial charge < -0.3 is 14.8 Å². The molecule has 0 spiro atoms. The van der Waals surface area contributed by atoms with Crippen LogP contribution in [0, 0.1) is 11.3 Å². The molecule has 3 rings (SSSR count). The molecule has 1 unspecified atom stereocenters. The van der Waals surface area contributed by atoms with Gasteiger partial charge in [-0.1, -0.05) is 41.9 Å². The predicted octanol–water partition coefficient (Wildman–Crippen LogP) is 6.00. The zero-order valence-electron chi connectivity index (χ0n) is 16.6. The van der Waals surface area contributed by atoms with Gasteiger partial charge in [-0.25, -0.2) is 0 Å². The zero-order chi connectivity index (χ0) is 23.3. The Morgan fingerprint density at radius 3 is 2.41 bits per heavy atom. The van der Waals surface area contributed by atoms with E-state index in [1.165, 1.54) is 25.3 Å². The molecule has 0 aliphatic rings. The highest BCUT2D eigenvalue weighted by atomic mass is 35.5. The number of nitrogens with zero attached hydrogens (tertiary/aromatic N) is 1. The van der Waals surface area contributed by atoms with Crippen LogP contribution in [0.3, 0.4) is 0 Å². The van der Waals surface area contributed by atoms with Crippen LogP contribution in [0.2, 0.25) is 5.02 Å². The Hall–Kier alpha value is -3.70. The Morgan fingerprint density at radius 1 is 1.06 bits per heavy atom. The number of nitrogens with one attached hydrogen (secondary N) is 1. The molecule has 0 saturated heterocycles. The molecule has 1 amide bonds. The van der Waals surface area contributed by atoms with Crippen LogP contribution in [0.15, 0.2) is 66.7 Å². The van der Waals surface area contributed by atoms with Crippen LogP contribution in [0.1, 0.15) is 22.8 Å². The predicted molar refractivity (Wildman–Crippen MR) is 113 cm³/mol. The minimum Gasteiger partial charge on any atom is -0.493 e. The van der Waals surface area contributed by atoms with E-state index < -0.39 is 23.8 Å². The minimum absolute atomic E-state index is 0.0610. The summed E-state index contributed by atoms with van der Waals surface area (Å²) in [6.07, 6.45) is -5.85. The Morgan fingerprint density at radius 2 is 1.78 bits per heavy atom. The maximum atomic E-state index is 13.1. The number of anilines is 1. The summed E-state index contributed by atoms with van der Waals surface area (Å²) in [5, 5.41) is 11.4. The van der Waals surface area contributed by atoms with Gasteiger partial charge in [0.25, 0.3) is 5.91 Å². The molecular formula is C23H16ClF3N2O3. The van der Waals surface area contributed by atoms with E-state index in [1.807, 2.05) is 6.07 Å². The fourth-order valence-corrected chi connectivity index (χ4v) is 3.02. The molecule has 1 atom stereocenters. The zero-order valence-corrected chi connectivity index (χ0v) is 17.4. The lowest BCUT2D eigenvalue weighted by atomic mass is 10.1. The second kappa shape index (κ2) is 9.62. The van der Waals surface area contributed by atoms with Crippen LogP contribution in [0.5, 0.6) is 11.5 Å². The monoisotopic (exact) mass is 460 g/mol. The van der Waals surface area contributed by atoms with Crippen molar-refractivity contribution in [1.82, 2.24) is 0 Å². The second-order valence-electron chi connectivity index (χ2n) is 6.57. The summed E-state index contributed by atoms with van der Waals surface area (Å²) < 4.78 is 50.4. The average molecular weight is 461 g/mol. The van der Waals surface area contributed by atoms with E-state index >= 15 is 0 Å². The van der Waals surface area contributed by atoms with E-state index in [2.05, 4.69) is 5.32 Å². The van der Waals surface area contributed by atoms with Crippen molar-refractivity contribution in [3.05, 3.63) is 88.4 Å². The minimum atomic E-state index is -4.60. The normalized spacial score (nSPS) is 11.9. The third kappa shape index (κ3) is 5.31. The van der Waals surface area contributed by atoms with Crippen molar-refractivity contribution < 1.29 is 27.4 Å². The Kier molecular flexibility index (Phi) is 6.91. The molecule has 0 saturated carbocycles. The number of carbonyl (C=O) groups excluding carboxylic acids is 1. The number of amides is 1. The van der Waals surface area contributed by atoms with Gasteiger partial charge in [0.2, 0.25) is 6.10 Å². The first-order chi connectivity index (χ1) is 15.2. The molecule has 3 aromatic rings. The van der Waals surface area contributed by atoms with Gasteiger partial charge in [-0.3, -0.25) is 4.79 Å². The molecule has 0 aliphatic heterocycles. The molecule has 1 N–H and O–H groups in total. The highest BCUT2D eigenvalue weighted by molar-refractivity contribution is 6.33. The number of carbonyl (C=O) groups is 1. The van der Waals surface area contributed by atoms with E-state index in [0.717, 1.165) is 18.2 Å². The Labute approximate surface area is 187 Å². The lowest BCUT2D eigenvalue weighted by Crippen LogP contribution is -2.26. The molecular weight excluding hydrogens is 445 g/mol. The van der Waals surface area contributed by atoms with E-state index in [4.69, 9.17) is 26.3 Å². The van der Waals surface area contributed by atoms with Crippen LogP contribution in [-0.2, 0) is 11.0 Å². The number of hydrogen-bond acceptors (Lipinski definition) is 4. The molecule has 3 aromatic carbocycles. The molecule has 9 heteroatoms. The molecule has 0 aromatic heterocycles. The SMILES string of the molecule is COc1cc(C#N)ccc1OC(C(=O)Nc1cc(C(F)(F)F)ccc1Cl)c1ccccc1. The fraction of sp³-hybridized carbons (Fsp3) is 0.130. The first kappa shape index (κ1) is 23.0. The fourth-order valence-electron chi connectivity index (χ4n) is 2.86. The summed E-state index contributed by atoms with van der Waals surface area (Å²) in [4.78, 5) is 13.1. The van der Waals surface area contributed by atoms with Crippen molar-refractivity contribution in [2.75, 3.05) is 12.4 Å². The first-order valence-electron chi connectivity index (χ1n) is 9.20. The van der Waals surface area contributed by atoms with Gasteiger partial charge in [0.1, 0.15) is 0 Å². The number of hydrogen-bond donors (Lipinski definition) is 1. The second-order valence-corrected chi connectivity index (χ2v) is 6.97. The highest BCUT2D eigenvalue weighted by Crippen LogP contribution is 2.36. The van der Waals surface area contributed by atoms with E-state index in [1.54, 1.807) is 30.3 Å².